The summed E-state index contributed by atoms with van der Waals surface area (Å²) in [6.45, 7) is 1.54. The molecule has 0 atom stereocenters. The molecule has 0 unspecified atom stereocenters. The summed E-state index contributed by atoms with van der Waals surface area (Å²) < 4.78 is 45.6. The summed E-state index contributed by atoms with van der Waals surface area (Å²) in [7, 11) is 1.61. The highest BCUT2D eigenvalue weighted by Gasteiger charge is 2.41. The van der Waals surface area contributed by atoms with Gasteiger partial charge in [0.1, 0.15) is 5.56 Å². The second-order valence-corrected chi connectivity index (χ2v) is 5.16. The molecule has 10 heteroatoms. The number of ether oxygens (including phenoxy) is 1. The van der Waals surface area contributed by atoms with E-state index in [0.717, 1.165) is 6.20 Å². The maximum absolute atomic E-state index is 13.4. The van der Waals surface area contributed by atoms with Crippen LogP contribution in [0.15, 0.2) is 30.5 Å². The first kappa shape index (κ1) is 19.4. The van der Waals surface area contributed by atoms with E-state index in [9.17, 15) is 22.8 Å². The van der Waals surface area contributed by atoms with Crippen LogP contribution in [-0.2, 0) is 15.7 Å². The van der Waals surface area contributed by atoms with Gasteiger partial charge in [-0.15, -0.1) is 0 Å². The van der Waals surface area contributed by atoms with E-state index < -0.39 is 23.4 Å². The van der Waals surface area contributed by atoms with Crippen LogP contribution in [0.5, 0.6) is 0 Å². The number of carbonyl (C=O) groups is 2. The standard InChI is InChI=1S/C16H17F3N4O3/c1-3-26-15(25)12-8-21-23(14(12)16(17,18)19)11-6-4-10(5-7-11)22-13(24)9-20-2/h4-8,20H,3,9H2,1-2H3,(H,22,24). The van der Waals surface area contributed by atoms with Gasteiger partial charge in [0.05, 0.1) is 25.0 Å². The van der Waals surface area contributed by atoms with Crippen LogP contribution in [0, 0.1) is 0 Å². The normalized spacial score (nSPS) is 11.3. The molecule has 140 valence electrons. The second kappa shape index (κ2) is 8.00. The molecule has 0 aliphatic heterocycles. The van der Waals surface area contributed by atoms with Crippen molar-refractivity contribution in [2.45, 2.75) is 13.1 Å². The van der Waals surface area contributed by atoms with Crippen molar-refractivity contribution in [3.63, 3.8) is 0 Å². The molecule has 1 heterocycles. The van der Waals surface area contributed by atoms with Gasteiger partial charge in [-0.3, -0.25) is 4.79 Å². The topological polar surface area (TPSA) is 85.2 Å². The average Bonchev–Trinajstić information content (AvgIpc) is 3.01. The van der Waals surface area contributed by atoms with E-state index in [2.05, 4.69) is 20.5 Å². The maximum atomic E-state index is 13.4. The van der Waals surface area contributed by atoms with Crippen LogP contribution in [0.4, 0.5) is 18.9 Å². The van der Waals surface area contributed by atoms with Crippen molar-refractivity contribution >= 4 is 17.6 Å². The molecule has 0 saturated carbocycles. The highest BCUT2D eigenvalue weighted by molar-refractivity contribution is 5.92. The minimum absolute atomic E-state index is 0.0533. The third kappa shape index (κ3) is 4.39. The Kier molecular flexibility index (Phi) is 5.98. The molecule has 1 amide bonds. The lowest BCUT2D eigenvalue weighted by Gasteiger charge is -2.13. The van der Waals surface area contributed by atoms with Gasteiger partial charge in [0.15, 0.2) is 5.69 Å². The maximum Gasteiger partial charge on any atom is 0.434 e. The van der Waals surface area contributed by atoms with Crippen LogP contribution >= 0.6 is 0 Å². The molecule has 0 aliphatic rings. The van der Waals surface area contributed by atoms with E-state index in [4.69, 9.17) is 0 Å². The Balaban J connectivity index is 2.36. The summed E-state index contributed by atoms with van der Waals surface area (Å²) in [4.78, 5) is 23.3. The lowest BCUT2D eigenvalue weighted by atomic mass is 10.2. The predicted molar refractivity (Wildman–Crippen MR) is 87.1 cm³/mol. The lowest BCUT2D eigenvalue weighted by molar-refractivity contribution is -0.143. The van der Waals surface area contributed by atoms with Crippen LogP contribution in [0.1, 0.15) is 23.0 Å². The lowest BCUT2D eigenvalue weighted by Crippen LogP contribution is -2.25. The van der Waals surface area contributed by atoms with Gasteiger partial charge >= 0.3 is 12.1 Å². The molecule has 1 aromatic heterocycles. The molecule has 0 fully saturated rings. The molecule has 0 saturated heterocycles. The smallest absolute Gasteiger partial charge is 0.434 e. The van der Waals surface area contributed by atoms with Gasteiger partial charge in [-0.1, -0.05) is 0 Å². The van der Waals surface area contributed by atoms with Crippen LogP contribution in [-0.4, -0.2) is 41.9 Å². The van der Waals surface area contributed by atoms with E-state index in [-0.39, 0.29) is 24.7 Å². The van der Waals surface area contributed by atoms with Crippen molar-refractivity contribution in [3.8, 4) is 5.69 Å². The van der Waals surface area contributed by atoms with Gasteiger partial charge < -0.3 is 15.4 Å². The summed E-state index contributed by atoms with van der Waals surface area (Å²) >= 11 is 0. The van der Waals surface area contributed by atoms with Gasteiger partial charge in [-0.2, -0.15) is 18.3 Å². The van der Waals surface area contributed by atoms with Crippen molar-refractivity contribution in [2.75, 3.05) is 25.5 Å². The minimum atomic E-state index is -4.81. The summed E-state index contributed by atoms with van der Waals surface area (Å²) in [6, 6.07) is 5.59. The third-order valence-corrected chi connectivity index (χ3v) is 3.27. The molecule has 0 radical (unpaired) electrons. The van der Waals surface area contributed by atoms with Crippen LogP contribution in [0.3, 0.4) is 0 Å². The van der Waals surface area contributed by atoms with Crippen LogP contribution in [0.2, 0.25) is 0 Å². The number of carbonyl (C=O) groups excluding carboxylic acids is 2. The predicted octanol–water partition coefficient (Wildman–Crippen LogP) is 2.23. The van der Waals surface area contributed by atoms with Crippen molar-refractivity contribution in [2.24, 2.45) is 0 Å². The SMILES string of the molecule is CCOC(=O)c1cnn(-c2ccc(NC(=O)CNC)cc2)c1C(F)(F)F. The molecule has 26 heavy (non-hydrogen) atoms. The van der Waals surface area contributed by atoms with Crippen molar-refractivity contribution in [1.29, 1.82) is 0 Å². The molecule has 2 N–H and O–H groups in total. The summed E-state index contributed by atoms with van der Waals surface area (Å²) in [6.07, 6.45) is -3.98. The van der Waals surface area contributed by atoms with Crippen molar-refractivity contribution < 1.29 is 27.5 Å². The van der Waals surface area contributed by atoms with Crippen molar-refractivity contribution in [1.82, 2.24) is 15.1 Å². The van der Waals surface area contributed by atoms with E-state index >= 15 is 0 Å². The zero-order valence-corrected chi connectivity index (χ0v) is 14.1. The van der Waals surface area contributed by atoms with Crippen LogP contribution in [0.25, 0.3) is 5.69 Å². The molecule has 0 bridgehead atoms. The number of aromatic nitrogens is 2. The first-order valence-corrected chi connectivity index (χ1v) is 7.65. The summed E-state index contributed by atoms with van der Waals surface area (Å²) in [5, 5.41) is 8.93. The highest BCUT2D eigenvalue weighted by atomic mass is 19.4. The quantitative estimate of drug-likeness (QED) is 0.762. The Morgan fingerprint density at radius 1 is 1.23 bits per heavy atom. The van der Waals surface area contributed by atoms with Gasteiger partial charge in [-0.05, 0) is 38.2 Å². The van der Waals surface area contributed by atoms with Crippen LogP contribution < -0.4 is 10.6 Å². The fourth-order valence-electron chi connectivity index (χ4n) is 2.23. The number of rotatable bonds is 6. The molecule has 2 rings (SSSR count). The zero-order chi connectivity index (χ0) is 19.3. The fraction of sp³-hybridized carbons (Fsp3) is 0.312. The van der Waals surface area contributed by atoms with Gasteiger partial charge in [0.2, 0.25) is 5.91 Å². The molecule has 0 aliphatic carbocycles. The van der Waals surface area contributed by atoms with E-state index in [1.165, 1.54) is 31.2 Å². The Morgan fingerprint density at radius 2 is 1.88 bits per heavy atom. The number of benzene rings is 1. The Bertz CT molecular complexity index is 785. The Labute approximate surface area is 147 Å². The largest absolute Gasteiger partial charge is 0.462 e. The van der Waals surface area contributed by atoms with Gasteiger partial charge in [0, 0.05) is 5.69 Å². The molecule has 2 aromatic rings. The zero-order valence-electron chi connectivity index (χ0n) is 14.1. The first-order chi connectivity index (χ1) is 12.3. The van der Waals surface area contributed by atoms with Gasteiger partial charge in [-0.25, -0.2) is 9.48 Å². The molecule has 1 aromatic carbocycles. The van der Waals surface area contributed by atoms with E-state index in [1.807, 2.05) is 0 Å². The molecule has 0 spiro atoms. The van der Waals surface area contributed by atoms with E-state index in [0.29, 0.717) is 10.4 Å². The number of hydrogen-bond acceptors (Lipinski definition) is 5. The number of halogens is 3. The first-order valence-electron chi connectivity index (χ1n) is 7.65. The number of anilines is 1. The Morgan fingerprint density at radius 3 is 2.42 bits per heavy atom. The minimum Gasteiger partial charge on any atom is -0.462 e. The third-order valence-electron chi connectivity index (χ3n) is 3.27. The number of likely N-dealkylation sites (N-methyl/N-ethyl adjacent to an activating group) is 1. The second-order valence-electron chi connectivity index (χ2n) is 5.16. The average molecular weight is 370 g/mol. The molecule has 7 nitrogen and oxygen atoms in total. The fourth-order valence-corrected chi connectivity index (χ4v) is 2.23. The number of hydrogen-bond donors (Lipinski definition) is 2. The molecular formula is C16H17F3N4O3. The number of nitrogens with zero attached hydrogens (tertiary/aromatic N) is 2. The number of esters is 1. The molecular weight excluding hydrogens is 353 g/mol. The number of nitrogens with one attached hydrogen (secondary N) is 2. The number of amides is 1. The van der Waals surface area contributed by atoms with Gasteiger partial charge in [0.25, 0.3) is 0 Å². The van der Waals surface area contributed by atoms with E-state index in [1.54, 1.807) is 7.05 Å². The highest BCUT2D eigenvalue weighted by Crippen LogP contribution is 2.34. The Hall–Kier alpha value is -2.88. The monoisotopic (exact) mass is 370 g/mol. The summed E-state index contributed by atoms with van der Waals surface area (Å²) in [5.74, 6) is -1.39. The number of alkyl halides is 3. The summed E-state index contributed by atoms with van der Waals surface area (Å²) in [5.41, 5.74) is -1.38. The van der Waals surface area contributed by atoms with Crippen molar-refractivity contribution in [3.05, 3.63) is 41.7 Å².